The quantitative estimate of drug-likeness (QED) is 0.457. The lowest BCUT2D eigenvalue weighted by molar-refractivity contribution is -0.117. The van der Waals surface area contributed by atoms with Gasteiger partial charge in [0.25, 0.3) is 11.8 Å². The van der Waals surface area contributed by atoms with E-state index in [1.165, 1.54) is 0 Å². The molecule has 2 amide bonds. The topological polar surface area (TPSA) is 53.1 Å². The molecule has 0 N–H and O–H groups in total. The van der Waals surface area contributed by atoms with Crippen molar-refractivity contribution in [3.05, 3.63) is 100 Å². The van der Waals surface area contributed by atoms with Crippen LogP contribution in [0.25, 0.3) is 6.08 Å². The number of anilines is 1. The summed E-state index contributed by atoms with van der Waals surface area (Å²) < 4.78 is 6.00. The normalized spacial score (nSPS) is 17.2. The highest BCUT2D eigenvalue weighted by Crippen LogP contribution is 2.36. The minimum absolute atomic E-state index is 0.0398. The molecule has 1 fully saturated rings. The summed E-state index contributed by atoms with van der Waals surface area (Å²) in [6.07, 6.45) is 1.72. The van der Waals surface area contributed by atoms with E-state index in [0.717, 1.165) is 49.5 Å². The van der Waals surface area contributed by atoms with Crippen LogP contribution in [-0.2, 0) is 11.3 Å². The van der Waals surface area contributed by atoms with Gasteiger partial charge in [-0.05, 0) is 60.1 Å². The van der Waals surface area contributed by atoms with Crippen LogP contribution in [-0.4, -0.2) is 54.3 Å². The van der Waals surface area contributed by atoms with Gasteiger partial charge in [0.05, 0.1) is 12.2 Å². The van der Waals surface area contributed by atoms with Crippen LogP contribution in [0.5, 0.6) is 5.75 Å². The molecule has 0 radical (unpaired) electrons. The summed E-state index contributed by atoms with van der Waals surface area (Å²) in [6.45, 7) is 6.83. The lowest BCUT2D eigenvalue weighted by atomic mass is 10.1. The van der Waals surface area contributed by atoms with Crippen LogP contribution in [0.2, 0.25) is 5.02 Å². The lowest BCUT2D eigenvalue weighted by Gasteiger charge is -2.34. The first-order valence-electron chi connectivity index (χ1n) is 12.2. The van der Waals surface area contributed by atoms with Gasteiger partial charge in [-0.1, -0.05) is 54.9 Å². The number of carbonyl (C=O) groups is 2. The molecule has 2 heterocycles. The van der Waals surface area contributed by atoms with Gasteiger partial charge in [-0.2, -0.15) is 0 Å². The van der Waals surface area contributed by atoms with Crippen molar-refractivity contribution < 1.29 is 14.3 Å². The van der Waals surface area contributed by atoms with E-state index in [9.17, 15) is 9.59 Å². The number of piperazine rings is 1. The minimum Gasteiger partial charge on any atom is -0.449 e. The van der Waals surface area contributed by atoms with Gasteiger partial charge in [-0.3, -0.25) is 14.5 Å². The number of halogens is 1. The molecule has 0 saturated carbocycles. The Morgan fingerprint density at radius 1 is 0.944 bits per heavy atom. The zero-order valence-electron chi connectivity index (χ0n) is 20.2. The Balaban J connectivity index is 1.35. The van der Waals surface area contributed by atoms with Crippen molar-refractivity contribution in [2.24, 2.45) is 0 Å². The third-order valence-electron chi connectivity index (χ3n) is 6.65. The van der Waals surface area contributed by atoms with E-state index >= 15 is 0 Å². The van der Waals surface area contributed by atoms with Gasteiger partial charge >= 0.3 is 0 Å². The second-order valence-corrected chi connectivity index (χ2v) is 9.38. The highest BCUT2D eigenvalue weighted by molar-refractivity contribution is 6.30. The van der Waals surface area contributed by atoms with Crippen LogP contribution in [0.3, 0.4) is 0 Å². The van der Waals surface area contributed by atoms with Gasteiger partial charge in [0.1, 0.15) is 0 Å². The Morgan fingerprint density at radius 3 is 2.33 bits per heavy atom. The minimum atomic E-state index is -0.224. The number of benzene rings is 3. The Morgan fingerprint density at radius 2 is 1.64 bits per heavy atom. The molecule has 36 heavy (non-hydrogen) atoms. The van der Waals surface area contributed by atoms with Crippen LogP contribution in [0, 0.1) is 0 Å². The molecule has 5 rings (SSSR count). The van der Waals surface area contributed by atoms with E-state index in [2.05, 4.69) is 11.8 Å². The summed E-state index contributed by atoms with van der Waals surface area (Å²) in [7, 11) is 0. The summed E-state index contributed by atoms with van der Waals surface area (Å²) in [4.78, 5) is 32.3. The van der Waals surface area contributed by atoms with E-state index in [1.807, 2.05) is 77.7 Å². The molecule has 1 saturated heterocycles. The lowest BCUT2D eigenvalue weighted by Crippen LogP contribution is -2.48. The molecule has 0 aliphatic carbocycles. The molecule has 0 spiro atoms. The Labute approximate surface area is 216 Å². The van der Waals surface area contributed by atoms with E-state index in [0.29, 0.717) is 22.9 Å². The van der Waals surface area contributed by atoms with Gasteiger partial charge in [-0.25, -0.2) is 0 Å². The number of hydrogen-bond acceptors (Lipinski definition) is 4. The van der Waals surface area contributed by atoms with Gasteiger partial charge < -0.3 is 14.5 Å². The van der Waals surface area contributed by atoms with Crippen LogP contribution >= 0.6 is 11.6 Å². The number of ether oxygens (including phenoxy) is 1. The third-order valence-corrected chi connectivity index (χ3v) is 6.90. The number of nitrogens with zero attached hydrogens (tertiary/aromatic N) is 3. The maximum Gasteiger partial charge on any atom is 0.294 e. The summed E-state index contributed by atoms with van der Waals surface area (Å²) >= 11 is 6.03. The van der Waals surface area contributed by atoms with Gasteiger partial charge in [0, 0.05) is 36.8 Å². The van der Waals surface area contributed by atoms with Crippen LogP contribution in [0.4, 0.5) is 5.69 Å². The van der Waals surface area contributed by atoms with E-state index in [1.54, 1.807) is 11.0 Å². The second-order valence-electron chi connectivity index (χ2n) is 8.94. The average molecular weight is 502 g/mol. The Bertz CT molecular complexity index is 1280. The summed E-state index contributed by atoms with van der Waals surface area (Å²) in [6, 6.07) is 22.3. The molecule has 184 valence electrons. The molecule has 0 bridgehead atoms. The molecular weight excluding hydrogens is 474 g/mol. The molecule has 0 aromatic heterocycles. The third kappa shape index (κ3) is 5.15. The zero-order chi connectivity index (χ0) is 25.1. The molecule has 3 aromatic carbocycles. The number of fused-ring (bicyclic) bond motifs is 1. The SMILES string of the molecule is CCN1CCN(C(=O)c2ccc(C=C3Oc4ccccc4N(Cc4ccc(Cl)cc4)C3=O)cc2)CC1. The Kier molecular flexibility index (Phi) is 7.07. The zero-order valence-corrected chi connectivity index (χ0v) is 20.9. The maximum atomic E-state index is 13.4. The first kappa shape index (κ1) is 24.1. The number of amides is 2. The standard InChI is InChI=1S/C29H28ClN3O3/c1-2-31-15-17-32(18-16-31)28(34)23-11-7-21(8-12-23)19-27-29(35)33(20-22-9-13-24(30)14-10-22)25-5-3-4-6-26(25)36-27/h3-14,19H,2,15-18,20H2,1H3. The first-order valence-corrected chi connectivity index (χ1v) is 12.6. The fraction of sp³-hybridized carbons (Fsp3) is 0.241. The fourth-order valence-electron chi connectivity index (χ4n) is 4.51. The van der Waals surface area contributed by atoms with Crippen molar-refractivity contribution in [3.63, 3.8) is 0 Å². The summed E-state index contributed by atoms with van der Waals surface area (Å²) in [5.74, 6) is 0.670. The van der Waals surface area contributed by atoms with E-state index < -0.39 is 0 Å². The molecule has 6 nitrogen and oxygen atoms in total. The predicted molar refractivity (Wildman–Crippen MR) is 142 cm³/mol. The number of rotatable bonds is 5. The predicted octanol–water partition coefficient (Wildman–Crippen LogP) is 5.08. The Hall–Kier alpha value is -3.61. The maximum absolute atomic E-state index is 13.4. The summed E-state index contributed by atoms with van der Waals surface area (Å²) in [5.41, 5.74) is 3.12. The van der Waals surface area contributed by atoms with Crippen molar-refractivity contribution in [1.82, 2.24) is 9.80 Å². The highest BCUT2D eigenvalue weighted by Gasteiger charge is 2.30. The smallest absolute Gasteiger partial charge is 0.294 e. The number of para-hydroxylation sites is 2. The number of carbonyl (C=O) groups excluding carboxylic acids is 2. The number of likely N-dealkylation sites (N-methyl/N-ethyl adjacent to an activating group) is 1. The van der Waals surface area contributed by atoms with Crippen LogP contribution < -0.4 is 9.64 Å². The first-order chi connectivity index (χ1) is 17.5. The molecule has 7 heteroatoms. The molecular formula is C29H28ClN3O3. The van der Waals surface area contributed by atoms with Gasteiger partial charge in [0.15, 0.2) is 11.5 Å². The largest absolute Gasteiger partial charge is 0.449 e. The second kappa shape index (κ2) is 10.6. The molecule has 3 aromatic rings. The van der Waals surface area contributed by atoms with E-state index in [-0.39, 0.29) is 17.6 Å². The van der Waals surface area contributed by atoms with Crippen molar-refractivity contribution in [3.8, 4) is 5.75 Å². The molecule has 0 atom stereocenters. The van der Waals surface area contributed by atoms with Crippen molar-refractivity contribution in [2.45, 2.75) is 13.5 Å². The summed E-state index contributed by atoms with van der Waals surface area (Å²) in [5, 5.41) is 0.651. The number of hydrogen-bond donors (Lipinski definition) is 0. The van der Waals surface area contributed by atoms with E-state index in [4.69, 9.17) is 16.3 Å². The fourth-order valence-corrected chi connectivity index (χ4v) is 4.64. The molecule has 2 aliphatic heterocycles. The molecule has 0 unspecified atom stereocenters. The van der Waals surface area contributed by atoms with Gasteiger partial charge in [-0.15, -0.1) is 0 Å². The van der Waals surface area contributed by atoms with Crippen LogP contribution in [0.15, 0.2) is 78.6 Å². The monoisotopic (exact) mass is 501 g/mol. The van der Waals surface area contributed by atoms with Crippen molar-refractivity contribution in [2.75, 3.05) is 37.6 Å². The average Bonchev–Trinajstić information content (AvgIpc) is 2.92. The van der Waals surface area contributed by atoms with Crippen LogP contribution in [0.1, 0.15) is 28.4 Å². The van der Waals surface area contributed by atoms with Crippen molar-refractivity contribution >= 4 is 35.2 Å². The van der Waals surface area contributed by atoms with Crippen molar-refractivity contribution in [1.29, 1.82) is 0 Å². The van der Waals surface area contributed by atoms with Gasteiger partial charge in [0.2, 0.25) is 0 Å². The highest BCUT2D eigenvalue weighted by atomic mass is 35.5. The molecule has 2 aliphatic rings.